The molecule has 2 heterocycles. The third kappa shape index (κ3) is 3.14. The van der Waals surface area contributed by atoms with Crippen molar-refractivity contribution in [3.63, 3.8) is 0 Å². The molecule has 0 radical (unpaired) electrons. The molecular weight excluding hydrogens is 323 g/mol. The summed E-state index contributed by atoms with van der Waals surface area (Å²) in [6.45, 7) is 1.52. The lowest BCUT2D eigenvalue weighted by Crippen LogP contribution is -2.36. The first-order valence-electron chi connectivity index (χ1n) is 7.55. The molecule has 3 rings (SSSR count). The molecule has 1 atom stereocenters. The summed E-state index contributed by atoms with van der Waals surface area (Å²) < 4.78 is 39.5. The first-order chi connectivity index (χ1) is 11.4. The molecule has 0 unspecified atom stereocenters. The van der Waals surface area contributed by atoms with Crippen molar-refractivity contribution < 1.29 is 18.3 Å². The van der Waals surface area contributed by atoms with Gasteiger partial charge in [0.25, 0.3) is 5.56 Å². The van der Waals surface area contributed by atoms with E-state index >= 15 is 0 Å². The van der Waals surface area contributed by atoms with Gasteiger partial charge in [-0.3, -0.25) is 9.36 Å². The number of nitrogens with one attached hydrogen (secondary N) is 1. The van der Waals surface area contributed by atoms with Crippen LogP contribution < -0.4 is 10.9 Å². The first-order valence-corrected chi connectivity index (χ1v) is 7.55. The lowest BCUT2D eigenvalue weighted by Gasteiger charge is -2.24. The monoisotopic (exact) mass is 339 g/mol. The number of hydrogen-bond acceptors (Lipinski definition) is 4. The molecule has 0 bridgehead atoms. The van der Waals surface area contributed by atoms with E-state index in [-0.39, 0.29) is 22.7 Å². The molecule has 1 aromatic carbocycles. The van der Waals surface area contributed by atoms with Gasteiger partial charge in [-0.15, -0.1) is 0 Å². The molecular formula is C16H16F3N3O2. The maximum Gasteiger partial charge on any atom is 0.416 e. The van der Waals surface area contributed by atoms with Crippen LogP contribution in [0.3, 0.4) is 0 Å². The van der Waals surface area contributed by atoms with Crippen LogP contribution in [0.2, 0.25) is 0 Å². The van der Waals surface area contributed by atoms with Crippen molar-refractivity contribution in [3.8, 4) is 16.9 Å². The fourth-order valence-corrected chi connectivity index (χ4v) is 2.88. The van der Waals surface area contributed by atoms with E-state index in [4.69, 9.17) is 0 Å². The highest BCUT2D eigenvalue weighted by Crippen LogP contribution is 2.35. The average molecular weight is 339 g/mol. The van der Waals surface area contributed by atoms with Crippen molar-refractivity contribution in [2.45, 2.75) is 25.1 Å². The van der Waals surface area contributed by atoms with Gasteiger partial charge in [-0.25, -0.2) is 4.98 Å². The Hall–Kier alpha value is -2.35. The van der Waals surface area contributed by atoms with E-state index in [0.29, 0.717) is 12.6 Å². The molecule has 1 aliphatic rings. The molecule has 1 saturated heterocycles. The molecule has 128 valence electrons. The summed E-state index contributed by atoms with van der Waals surface area (Å²) in [4.78, 5) is 16.7. The summed E-state index contributed by atoms with van der Waals surface area (Å²) in [5, 5.41) is 13.1. The van der Waals surface area contributed by atoms with Crippen LogP contribution >= 0.6 is 0 Å². The van der Waals surface area contributed by atoms with E-state index in [0.717, 1.165) is 31.5 Å². The summed E-state index contributed by atoms with van der Waals surface area (Å²) >= 11 is 0. The van der Waals surface area contributed by atoms with Crippen LogP contribution in [0.5, 0.6) is 5.75 Å². The van der Waals surface area contributed by atoms with Gasteiger partial charge in [-0.2, -0.15) is 13.2 Å². The zero-order valence-electron chi connectivity index (χ0n) is 12.7. The largest absolute Gasteiger partial charge is 0.507 e. The minimum atomic E-state index is -4.56. The second kappa shape index (κ2) is 6.27. The number of phenols is 1. The Morgan fingerprint density at radius 2 is 2.08 bits per heavy atom. The highest BCUT2D eigenvalue weighted by Gasteiger charge is 2.31. The maximum atomic E-state index is 12.7. The molecule has 5 nitrogen and oxygen atoms in total. The molecule has 2 N–H and O–H groups in total. The van der Waals surface area contributed by atoms with E-state index in [1.165, 1.54) is 17.1 Å². The minimum Gasteiger partial charge on any atom is -0.507 e. The van der Waals surface area contributed by atoms with Gasteiger partial charge in [0.15, 0.2) is 0 Å². The molecule has 1 aliphatic heterocycles. The normalized spacial score (nSPS) is 18.5. The number of nitrogens with zero attached hydrogens (tertiary/aromatic N) is 2. The third-order valence-electron chi connectivity index (χ3n) is 4.14. The number of aromatic hydroxyl groups is 1. The molecule has 0 spiro atoms. The molecule has 24 heavy (non-hydrogen) atoms. The van der Waals surface area contributed by atoms with Crippen LogP contribution in [-0.2, 0) is 6.18 Å². The molecule has 1 fully saturated rings. The van der Waals surface area contributed by atoms with Gasteiger partial charge < -0.3 is 10.4 Å². The number of phenolic OH excluding ortho intramolecular Hbond substituents is 1. The van der Waals surface area contributed by atoms with Crippen molar-refractivity contribution in [3.05, 3.63) is 46.6 Å². The Labute approximate surface area is 135 Å². The average Bonchev–Trinajstić information content (AvgIpc) is 2.55. The smallest absolute Gasteiger partial charge is 0.416 e. The fourth-order valence-electron chi connectivity index (χ4n) is 2.88. The van der Waals surface area contributed by atoms with Crippen molar-refractivity contribution in [1.29, 1.82) is 0 Å². The molecule has 0 amide bonds. The van der Waals surface area contributed by atoms with Crippen molar-refractivity contribution in [2.75, 3.05) is 13.1 Å². The SMILES string of the molecule is O=c1c(-c2ccc(C(F)(F)F)cc2O)cncn1[C@@H]1CCCNC1. The number of hydrogen-bond donors (Lipinski definition) is 2. The number of piperidine rings is 1. The standard InChI is InChI=1S/C16H16F3N3O2/c17-16(18,19)10-3-4-12(14(23)6-10)13-8-21-9-22(15(13)24)11-2-1-5-20-7-11/h3-4,6,8-9,11,20,23H,1-2,5,7H2/t11-/m1/s1. The summed E-state index contributed by atoms with van der Waals surface area (Å²) in [6, 6.07) is 2.50. The van der Waals surface area contributed by atoms with E-state index in [1.54, 1.807) is 0 Å². The quantitative estimate of drug-likeness (QED) is 0.882. The van der Waals surface area contributed by atoms with Crippen LogP contribution in [0, 0.1) is 0 Å². The van der Waals surface area contributed by atoms with Crippen molar-refractivity contribution in [2.24, 2.45) is 0 Å². The van der Waals surface area contributed by atoms with Crippen LogP contribution in [0.15, 0.2) is 35.5 Å². The highest BCUT2D eigenvalue weighted by atomic mass is 19.4. The summed E-state index contributed by atoms with van der Waals surface area (Å²) in [5.41, 5.74) is -1.23. The van der Waals surface area contributed by atoms with Crippen molar-refractivity contribution in [1.82, 2.24) is 14.9 Å². The van der Waals surface area contributed by atoms with Crippen LogP contribution in [-0.4, -0.2) is 27.7 Å². The van der Waals surface area contributed by atoms with Crippen LogP contribution in [0.25, 0.3) is 11.1 Å². The van der Waals surface area contributed by atoms with E-state index in [1.807, 2.05) is 0 Å². The predicted molar refractivity (Wildman–Crippen MR) is 81.7 cm³/mol. The number of rotatable bonds is 2. The number of benzene rings is 1. The summed E-state index contributed by atoms with van der Waals surface area (Å²) in [6.07, 6.45) is -0.134. The Bertz CT molecular complexity index is 796. The van der Waals surface area contributed by atoms with E-state index in [2.05, 4.69) is 10.3 Å². The van der Waals surface area contributed by atoms with Gasteiger partial charge >= 0.3 is 6.18 Å². The third-order valence-corrected chi connectivity index (χ3v) is 4.14. The summed E-state index contributed by atoms with van der Waals surface area (Å²) in [5.74, 6) is -0.594. The Morgan fingerprint density at radius 1 is 1.29 bits per heavy atom. The van der Waals surface area contributed by atoms with E-state index in [9.17, 15) is 23.1 Å². The van der Waals surface area contributed by atoms with E-state index < -0.39 is 17.5 Å². The number of alkyl halides is 3. The number of halogens is 3. The van der Waals surface area contributed by atoms with Crippen LogP contribution in [0.1, 0.15) is 24.4 Å². The van der Waals surface area contributed by atoms with Gasteiger partial charge in [-0.05, 0) is 37.6 Å². The minimum absolute atomic E-state index is 0.0404. The van der Waals surface area contributed by atoms with Gasteiger partial charge in [0.05, 0.1) is 23.5 Å². The molecule has 0 saturated carbocycles. The summed E-state index contributed by atoms with van der Waals surface area (Å²) in [7, 11) is 0. The van der Waals surface area contributed by atoms with Crippen LogP contribution in [0.4, 0.5) is 13.2 Å². The zero-order chi connectivity index (χ0) is 17.3. The van der Waals surface area contributed by atoms with Gasteiger partial charge in [-0.1, -0.05) is 0 Å². The maximum absolute atomic E-state index is 12.7. The Morgan fingerprint density at radius 3 is 2.71 bits per heavy atom. The lowest BCUT2D eigenvalue weighted by molar-refractivity contribution is -0.137. The Balaban J connectivity index is 2.03. The fraction of sp³-hybridized carbons (Fsp3) is 0.375. The van der Waals surface area contributed by atoms with Gasteiger partial charge in [0.2, 0.25) is 0 Å². The zero-order valence-corrected chi connectivity index (χ0v) is 12.7. The molecule has 0 aliphatic carbocycles. The topological polar surface area (TPSA) is 67.1 Å². The molecule has 8 heteroatoms. The van der Waals surface area contributed by atoms with Gasteiger partial charge in [0, 0.05) is 18.3 Å². The number of aromatic nitrogens is 2. The van der Waals surface area contributed by atoms with Crippen molar-refractivity contribution >= 4 is 0 Å². The van der Waals surface area contributed by atoms with Gasteiger partial charge in [0.1, 0.15) is 5.75 Å². The molecule has 2 aromatic rings. The second-order valence-corrected chi connectivity index (χ2v) is 5.75. The highest BCUT2D eigenvalue weighted by molar-refractivity contribution is 5.69. The predicted octanol–water partition coefficient (Wildman–Crippen LogP) is 2.56. The second-order valence-electron chi connectivity index (χ2n) is 5.75. The lowest BCUT2D eigenvalue weighted by atomic mass is 10.0. The molecule has 1 aromatic heterocycles. The Kier molecular flexibility index (Phi) is 4.31. The first kappa shape index (κ1) is 16.5.